The smallest absolute Gasteiger partial charge is 0.284 e. The molecule has 1 aromatic heterocycles. The minimum Gasteiger partial charge on any atom is -0.369 e. The second-order valence-corrected chi connectivity index (χ2v) is 9.22. The van der Waals surface area contributed by atoms with Crippen molar-refractivity contribution in [3.8, 4) is 0 Å². The van der Waals surface area contributed by atoms with Crippen LogP contribution in [0, 0.1) is 5.92 Å². The lowest BCUT2D eigenvalue weighted by atomic mass is 9.97. The van der Waals surface area contributed by atoms with Crippen LogP contribution in [0.15, 0.2) is 30.3 Å². The van der Waals surface area contributed by atoms with Gasteiger partial charge in [0.15, 0.2) is 11.7 Å². The Hall–Kier alpha value is -2.25. The van der Waals surface area contributed by atoms with Gasteiger partial charge in [-0.1, -0.05) is 30.3 Å². The van der Waals surface area contributed by atoms with Gasteiger partial charge in [-0.2, -0.15) is 0 Å². The maximum atomic E-state index is 13.4. The first-order valence-corrected chi connectivity index (χ1v) is 11.4. The summed E-state index contributed by atoms with van der Waals surface area (Å²) in [5.74, 6) is -0.301. The van der Waals surface area contributed by atoms with Crippen molar-refractivity contribution in [2.24, 2.45) is 11.7 Å². The summed E-state index contributed by atoms with van der Waals surface area (Å²) in [6.45, 7) is 2.46. The zero-order valence-corrected chi connectivity index (χ0v) is 17.5. The molecule has 7 heteroatoms. The van der Waals surface area contributed by atoms with Crippen molar-refractivity contribution in [3.63, 3.8) is 0 Å². The number of thiazole rings is 1. The van der Waals surface area contributed by atoms with Crippen molar-refractivity contribution in [1.29, 1.82) is 0 Å². The fourth-order valence-corrected chi connectivity index (χ4v) is 5.51. The molecule has 1 aromatic carbocycles. The van der Waals surface area contributed by atoms with Gasteiger partial charge in [0.25, 0.3) is 5.91 Å². The fourth-order valence-electron chi connectivity index (χ4n) is 4.35. The van der Waals surface area contributed by atoms with E-state index in [0.29, 0.717) is 19.6 Å². The number of primary amides is 1. The predicted octanol–water partition coefficient (Wildman–Crippen LogP) is 1.34. The van der Waals surface area contributed by atoms with Gasteiger partial charge in [-0.25, -0.2) is 4.98 Å². The number of likely N-dealkylation sites (tertiary alicyclic amines) is 1. The SMILES string of the molecule is NC(=O)[C@@H]1CCC[NH+](CC(=O)N(Cc2ccccc2)c2nc3c(s2)CCCC3)C1. The lowest BCUT2D eigenvalue weighted by Gasteiger charge is -2.29. The van der Waals surface area contributed by atoms with Gasteiger partial charge in [-0.15, -0.1) is 11.3 Å². The topological polar surface area (TPSA) is 80.7 Å². The molecule has 2 heterocycles. The van der Waals surface area contributed by atoms with Gasteiger partial charge in [-0.05, 0) is 44.1 Å². The number of carbonyl (C=O) groups is 2. The number of hydrogen-bond donors (Lipinski definition) is 2. The van der Waals surface area contributed by atoms with E-state index in [9.17, 15) is 9.59 Å². The van der Waals surface area contributed by atoms with Crippen LogP contribution < -0.4 is 15.5 Å². The number of nitrogens with two attached hydrogens (primary N) is 1. The van der Waals surface area contributed by atoms with Gasteiger partial charge < -0.3 is 10.6 Å². The third-order valence-corrected chi connectivity index (χ3v) is 7.15. The first-order chi connectivity index (χ1) is 14.1. The molecule has 4 rings (SSSR count). The number of anilines is 1. The van der Waals surface area contributed by atoms with Gasteiger partial charge >= 0.3 is 0 Å². The van der Waals surface area contributed by atoms with Gasteiger partial charge in [0.05, 0.1) is 31.2 Å². The summed E-state index contributed by atoms with van der Waals surface area (Å²) >= 11 is 1.67. The molecule has 0 radical (unpaired) electrons. The highest BCUT2D eigenvalue weighted by atomic mass is 32.1. The summed E-state index contributed by atoms with van der Waals surface area (Å²) in [6, 6.07) is 10.1. The second kappa shape index (κ2) is 9.05. The van der Waals surface area contributed by atoms with Crippen molar-refractivity contribution in [1.82, 2.24) is 4.98 Å². The predicted molar refractivity (Wildman–Crippen MR) is 114 cm³/mol. The van der Waals surface area contributed by atoms with E-state index in [-0.39, 0.29) is 17.7 Å². The third-order valence-electron chi connectivity index (χ3n) is 5.97. The van der Waals surface area contributed by atoms with Gasteiger partial charge in [0, 0.05) is 4.88 Å². The number of amides is 2. The van der Waals surface area contributed by atoms with Crippen LogP contribution in [0.1, 0.15) is 41.8 Å². The number of hydrogen-bond acceptors (Lipinski definition) is 4. The van der Waals surface area contributed by atoms with E-state index in [0.717, 1.165) is 47.8 Å². The molecule has 2 amide bonds. The Labute approximate surface area is 175 Å². The van der Waals surface area contributed by atoms with Crippen molar-refractivity contribution in [3.05, 3.63) is 46.5 Å². The summed E-state index contributed by atoms with van der Waals surface area (Å²) < 4.78 is 0. The summed E-state index contributed by atoms with van der Waals surface area (Å²) in [4.78, 5) is 34.1. The van der Waals surface area contributed by atoms with E-state index >= 15 is 0 Å². The van der Waals surface area contributed by atoms with Gasteiger partial charge in [0.2, 0.25) is 5.91 Å². The highest BCUT2D eigenvalue weighted by molar-refractivity contribution is 7.15. The number of aromatic nitrogens is 1. The number of carbonyl (C=O) groups excluding carboxylic acids is 2. The molecule has 2 aliphatic rings. The van der Waals surface area contributed by atoms with E-state index < -0.39 is 0 Å². The fraction of sp³-hybridized carbons (Fsp3) is 0.500. The molecule has 1 saturated heterocycles. The van der Waals surface area contributed by atoms with Crippen LogP contribution in [0.3, 0.4) is 0 Å². The van der Waals surface area contributed by atoms with E-state index in [4.69, 9.17) is 10.7 Å². The molecule has 154 valence electrons. The molecule has 1 aliphatic carbocycles. The molecule has 6 nitrogen and oxygen atoms in total. The molecule has 2 aromatic rings. The van der Waals surface area contributed by atoms with Crippen molar-refractivity contribution < 1.29 is 14.5 Å². The van der Waals surface area contributed by atoms with Gasteiger partial charge in [-0.3, -0.25) is 14.5 Å². The average Bonchev–Trinajstić information content (AvgIpc) is 3.16. The molecule has 1 fully saturated rings. The molecule has 0 bridgehead atoms. The Morgan fingerprint density at radius 1 is 1.17 bits per heavy atom. The normalized spacial score (nSPS) is 21.4. The number of rotatable bonds is 6. The molecular formula is C22H29N4O2S+. The first kappa shape index (κ1) is 20.0. The monoisotopic (exact) mass is 413 g/mol. The summed E-state index contributed by atoms with van der Waals surface area (Å²) in [5.41, 5.74) is 7.78. The highest BCUT2D eigenvalue weighted by Crippen LogP contribution is 2.32. The Morgan fingerprint density at radius 2 is 1.97 bits per heavy atom. The maximum absolute atomic E-state index is 13.4. The van der Waals surface area contributed by atoms with Crippen molar-refractivity contribution in [2.45, 2.75) is 45.1 Å². The molecule has 2 atom stereocenters. The first-order valence-electron chi connectivity index (χ1n) is 10.6. The van der Waals surface area contributed by atoms with Crippen LogP contribution in [0.4, 0.5) is 5.13 Å². The van der Waals surface area contributed by atoms with Crippen LogP contribution in [0.25, 0.3) is 0 Å². The van der Waals surface area contributed by atoms with Gasteiger partial charge in [0.1, 0.15) is 0 Å². The summed E-state index contributed by atoms with van der Waals surface area (Å²) in [5, 5.41) is 0.814. The molecule has 29 heavy (non-hydrogen) atoms. The van der Waals surface area contributed by atoms with E-state index in [1.165, 1.54) is 23.4 Å². The molecular weight excluding hydrogens is 384 g/mol. The van der Waals surface area contributed by atoms with Crippen LogP contribution in [0.5, 0.6) is 0 Å². The molecule has 1 unspecified atom stereocenters. The van der Waals surface area contributed by atoms with E-state index in [1.807, 2.05) is 35.2 Å². The zero-order chi connectivity index (χ0) is 20.2. The Balaban J connectivity index is 1.53. The molecule has 0 saturated carbocycles. The lowest BCUT2D eigenvalue weighted by molar-refractivity contribution is -0.899. The number of nitrogens with one attached hydrogen (secondary N) is 1. The number of aryl methyl sites for hydroxylation is 2. The largest absolute Gasteiger partial charge is 0.369 e. The van der Waals surface area contributed by atoms with E-state index in [2.05, 4.69) is 0 Å². The van der Waals surface area contributed by atoms with Crippen LogP contribution >= 0.6 is 11.3 Å². The van der Waals surface area contributed by atoms with Crippen molar-refractivity contribution >= 4 is 28.3 Å². The Kier molecular flexibility index (Phi) is 6.25. The van der Waals surface area contributed by atoms with Crippen LogP contribution in [-0.2, 0) is 29.0 Å². The third kappa shape index (κ3) is 4.85. The highest BCUT2D eigenvalue weighted by Gasteiger charge is 2.31. The van der Waals surface area contributed by atoms with E-state index in [1.54, 1.807) is 11.3 Å². The van der Waals surface area contributed by atoms with Crippen LogP contribution in [-0.4, -0.2) is 36.4 Å². The number of nitrogens with zero attached hydrogens (tertiary/aromatic N) is 2. The maximum Gasteiger partial charge on any atom is 0.284 e. The Bertz CT molecular complexity index is 843. The number of quaternary nitrogens is 1. The number of benzene rings is 1. The molecule has 1 aliphatic heterocycles. The van der Waals surface area contributed by atoms with Crippen LogP contribution in [0.2, 0.25) is 0 Å². The standard InChI is InChI=1S/C22H28N4O2S/c23-21(28)17-9-6-12-25(14-17)15-20(27)26(13-16-7-2-1-3-8-16)22-24-18-10-4-5-11-19(18)29-22/h1-3,7-8,17H,4-6,9-15H2,(H2,23,28)/p+1/t17-/m1/s1. The Morgan fingerprint density at radius 3 is 2.72 bits per heavy atom. The van der Waals surface area contributed by atoms with Crippen molar-refractivity contribution in [2.75, 3.05) is 24.5 Å². The minimum atomic E-state index is -0.247. The number of fused-ring (bicyclic) bond motifs is 1. The summed E-state index contributed by atoms with van der Waals surface area (Å²) in [6.07, 6.45) is 6.22. The average molecular weight is 414 g/mol. The lowest BCUT2D eigenvalue weighted by Crippen LogP contribution is -3.15. The molecule has 0 spiro atoms. The number of piperidine rings is 1. The summed E-state index contributed by atoms with van der Waals surface area (Å²) in [7, 11) is 0. The molecule has 3 N–H and O–H groups in total. The minimum absolute atomic E-state index is 0.0695. The quantitative estimate of drug-likeness (QED) is 0.750. The zero-order valence-electron chi connectivity index (χ0n) is 16.7. The second-order valence-electron chi connectivity index (χ2n) is 8.16.